The lowest BCUT2D eigenvalue weighted by atomic mass is 9.73. The van der Waals surface area contributed by atoms with Gasteiger partial charge in [-0.3, -0.25) is 0 Å². The Labute approximate surface area is 126 Å². The predicted octanol–water partition coefficient (Wildman–Crippen LogP) is 4.35. The van der Waals surface area contributed by atoms with Crippen molar-refractivity contribution in [3.63, 3.8) is 0 Å². The van der Waals surface area contributed by atoms with E-state index in [1.165, 1.54) is 21.8 Å². The molecule has 0 saturated carbocycles. The van der Waals surface area contributed by atoms with Crippen LogP contribution in [0.5, 0.6) is 0 Å². The Morgan fingerprint density at radius 1 is 1.00 bits per heavy atom. The molecule has 2 heteroatoms. The Morgan fingerprint density at radius 3 is 2.48 bits per heavy atom. The van der Waals surface area contributed by atoms with Crippen LogP contribution >= 0.6 is 0 Å². The van der Waals surface area contributed by atoms with E-state index < -0.39 is 0 Å². The highest BCUT2D eigenvalue weighted by Gasteiger charge is 2.55. The smallest absolute Gasteiger partial charge is 0.237 e. The molecule has 0 amide bonds. The van der Waals surface area contributed by atoms with Crippen LogP contribution in [0.1, 0.15) is 40.5 Å². The minimum atomic E-state index is 0.0849. The lowest BCUT2D eigenvalue weighted by Crippen LogP contribution is -2.68. The van der Waals surface area contributed by atoms with Gasteiger partial charge in [0, 0.05) is 36.4 Å². The summed E-state index contributed by atoms with van der Waals surface area (Å²) in [5.74, 6) is 0. The molecule has 2 nitrogen and oxygen atoms in total. The van der Waals surface area contributed by atoms with Crippen LogP contribution in [0.25, 0.3) is 21.8 Å². The van der Waals surface area contributed by atoms with E-state index in [0.29, 0.717) is 0 Å². The van der Waals surface area contributed by atoms with Gasteiger partial charge in [0.05, 0.1) is 0 Å². The van der Waals surface area contributed by atoms with Gasteiger partial charge in [0.25, 0.3) is 0 Å². The van der Waals surface area contributed by atoms with Gasteiger partial charge in [-0.05, 0) is 31.5 Å². The molecule has 0 aliphatic carbocycles. The Kier molecular flexibility index (Phi) is 2.38. The molecule has 2 atom stereocenters. The third kappa shape index (κ3) is 1.27. The summed E-state index contributed by atoms with van der Waals surface area (Å²) in [4.78, 5) is 0. The molecule has 3 aromatic rings. The number of pyridine rings is 1. The van der Waals surface area contributed by atoms with E-state index in [4.69, 9.17) is 0 Å². The van der Waals surface area contributed by atoms with E-state index in [9.17, 15) is 0 Å². The van der Waals surface area contributed by atoms with Gasteiger partial charge in [-0.15, -0.1) is 0 Å². The van der Waals surface area contributed by atoms with Crippen molar-refractivity contribution in [1.29, 1.82) is 0 Å². The number of benzene rings is 1. The normalized spacial score (nSPS) is 27.8. The maximum atomic E-state index is 2.54. The largest absolute Gasteiger partial charge is 0.329 e. The van der Waals surface area contributed by atoms with Crippen molar-refractivity contribution in [1.82, 2.24) is 4.57 Å². The SMILES string of the molecule is CCC1(C)n2ccc3ccc4ccc[n+](c4c32)C1(C)CC. The molecule has 3 heterocycles. The highest BCUT2D eigenvalue weighted by molar-refractivity contribution is 6.02. The van der Waals surface area contributed by atoms with E-state index in [1.807, 2.05) is 0 Å². The molecule has 0 spiro atoms. The van der Waals surface area contributed by atoms with Crippen LogP contribution in [-0.2, 0) is 11.1 Å². The number of aromatic nitrogens is 2. The number of hydrogen-bond donors (Lipinski definition) is 0. The number of nitrogens with zero attached hydrogens (tertiary/aromatic N) is 2. The molecule has 1 aliphatic heterocycles. The van der Waals surface area contributed by atoms with Crippen LogP contribution in [0.4, 0.5) is 0 Å². The summed E-state index contributed by atoms with van der Waals surface area (Å²) >= 11 is 0. The fourth-order valence-corrected chi connectivity index (χ4v) is 4.37. The topological polar surface area (TPSA) is 8.81 Å². The summed E-state index contributed by atoms with van der Waals surface area (Å²) in [6, 6.07) is 11.2. The zero-order valence-electron chi connectivity index (χ0n) is 13.4. The average Bonchev–Trinajstić information content (AvgIpc) is 2.96. The van der Waals surface area contributed by atoms with Crippen LogP contribution in [0.2, 0.25) is 0 Å². The fraction of sp³-hybridized carbons (Fsp3) is 0.421. The van der Waals surface area contributed by atoms with Gasteiger partial charge in [0.2, 0.25) is 5.52 Å². The minimum Gasteiger partial charge on any atom is -0.329 e. The van der Waals surface area contributed by atoms with Crippen LogP contribution in [0, 0.1) is 0 Å². The molecule has 0 bridgehead atoms. The van der Waals surface area contributed by atoms with Crippen molar-refractivity contribution in [3.05, 3.63) is 42.7 Å². The molecule has 1 aliphatic rings. The van der Waals surface area contributed by atoms with E-state index in [-0.39, 0.29) is 11.1 Å². The van der Waals surface area contributed by atoms with Crippen molar-refractivity contribution in [2.75, 3.05) is 0 Å². The van der Waals surface area contributed by atoms with E-state index in [2.05, 4.69) is 79.6 Å². The summed E-state index contributed by atoms with van der Waals surface area (Å²) < 4.78 is 5.07. The highest BCUT2D eigenvalue weighted by atomic mass is 15.2. The lowest BCUT2D eigenvalue weighted by molar-refractivity contribution is -0.755. The Morgan fingerprint density at radius 2 is 1.76 bits per heavy atom. The molecule has 108 valence electrons. The maximum absolute atomic E-state index is 2.54. The summed E-state index contributed by atoms with van der Waals surface area (Å²) in [6.45, 7) is 9.46. The van der Waals surface area contributed by atoms with Crippen LogP contribution in [0.15, 0.2) is 42.7 Å². The monoisotopic (exact) mass is 279 g/mol. The molecular weight excluding hydrogens is 256 g/mol. The van der Waals surface area contributed by atoms with Crippen molar-refractivity contribution in [2.24, 2.45) is 0 Å². The molecule has 4 rings (SSSR count). The van der Waals surface area contributed by atoms with Crippen molar-refractivity contribution in [2.45, 2.75) is 51.6 Å². The van der Waals surface area contributed by atoms with Crippen molar-refractivity contribution < 1.29 is 4.57 Å². The van der Waals surface area contributed by atoms with Crippen LogP contribution in [-0.4, -0.2) is 4.57 Å². The molecular formula is C19H23N2+. The average molecular weight is 279 g/mol. The summed E-state index contributed by atoms with van der Waals surface area (Å²) in [6.07, 6.45) is 6.81. The highest BCUT2D eigenvalue weighted by Crippen LogP contribution is 2.45. The second-order valence-electron chi connectivity index (χ2n) is 6.76. The second kappa shape index (κ2) is 3.88. The van der Waals surface area contributed by atoms with Gasteiger partial charge in [-0.2, -0.15) is 4.57 Å². The first-order valence-electron chi connectivity index (χ1n) is 8.02. The van der Waals surface area contributed by atoms with Gasteiger partial charge in [-0.25, -0.2) is 0 Å². The standard InChI is InChI=1S/C19H23N2/c1-5-18(3)19(4,6-2)21-13-11-15-10-9-14-8-7-12-20(18)16(14)17(15)21/h7-13H,5-6H2,1-4H3/q+1. The van der Waals surface area contributed by atoms with E-state index in [1.54, 1.807) is 0 Å². The molecule has 0 saturated heterocycles. The Hall–Kier alpha value is -1.83. The van der Waals surface area contributed by atoms with Gasteiger partial charge < -0.3 is 4.57 Å². The van der Waals surface area contributed by atoms with E-state index >= 15 is 0 Å². The molecule has 0 N–H and O–H groups in total. The van der Waals surface area contributed by atoms with Crippen LogP contribution in [0.3, 0.4) is 0 Å². The van der Waals surface area contributed by atoms with Crippen LogP contribution < -0.4 is 4.57 Å². The molecule has 2 aromatic heterocycles. The fourth-order valence-electron chi connectivity index (χ4n) is 4.37. The maximum Gasteiger partial charge on any atom is 0.237 e. The first-order chi connectivity index (χ1) is 10.1. The lowest BCUT2D eigenvalue weighted by Gasteiger charge is -2.45. The zero-order valence-corrected chi connectivity index (χ0v) is 13.4. The quantitative estimate of drug-likeness (QED) is 0.617. The zero-order chi connectivity index (χ0) is 14.8. The second-order valence-corrected chi connectivity index (χ2v) is 6.76. The summed E-state index contributed by atoms with van der Waals surface area (Å²) in [5.41, 5.74) is 2.96. The molecule has 1 aromatic carbocycles. The van der Waals surface area contributed by atoms with Gasteiger partial charge >= 0.3 is 0 Å². The van der Waals surface area contributed by atoms with Gasteiger partial charge in [-0.1, -0.05) is 19.9 Å². The summed E-state index contributed by atoms with van der Waals surface area (Å²) in [7, 11) is 0. The third-order valence-electron chi connectivity index (χ3n) is 6.21. The van der Waals surface area contributed by atoms with Gasteiger partial charge in [0.1, 0.15) is 11.1 Å². The van der Waals surface area contributed by atoms with Gasteiger partial charge in [0.15, 0.2) is 11.7 Å². The Bertz CT molecular complexity index is 861. The number of hydrogen-bond acceptors (Lipinski definition) is 0. The molecule has 0 fully saturated rings. The van der Waals surface area contributed by atoms with Crippen molar-refractivity contribution in [3.8, 4) is 0 Å². The molecule has 0 radical (unpaired) electrons. The van der Waals surface area contributed by atoms with E-state index in [0.717, 1.165) is 12.8 Å². The first-order valence-corrected chi connectivity index (χ1v) is 8.02. The minimum absolute atomic E-state index is 0.0849. The Balaban J connectivity index is 2.31. The third-order valence-corrected chi connectivity index (χ3v) is 6.21. The summed E-state index contributed by atoms with van der Waals surface area (Å²) in [5, 5.41) is 2.68. The predicted molar refractivity (Wildman–Crippen MR) is 87.5 cm³/mol. The van der Waals surface area contributed by atoms with Crippen molar-refractivity contribution >= 4 is 21.8 Å². The molecule has 21 heavy (non-hydrogen) atoms. The molecule has 2 unspecified atom stereocenters. The first kappa shape index (κ1) is 12.9. The number of rotatable bonds is 2.